The summed E-state index contributed by atoms with van der Waals surface area (Å²) in [6.07, 6.45) is 3.97. The number of carboxylic acid groups (broad SMARTS) is 1. The number of hydrogen-bond donors (Lipinski definition) is 1. The first kappa shape index (κ1) is 25.9. The summed E-state index contributed by atoms with van der Waals surface area (Å²) >= 11 is 13.7. The Morgan fingerprint density at radius 1 is 1.09 bits per heavy atom. The number of aryl methyl sites for hydroxylation is 1. The van der Waals surface area contributed by atoms with E-state index in [1.54, 1.807) is 25.3 Å². The maximum absolute atomic E-state index is 11.6. The van der Waals surface area contributed by atoms with Gasteiger partial charge in [-0.25, -0.2) is 4.79 Å². The van der Waals surface area contributed by atoms with Crippen LogP contribution in [-0.4, -0.2) is 29.8 Å². The SMILES string of the molecule is COc1ccc(CCCCO/C(=C/c2cccc(CSc3ccc(Cl)cc3Cl)n2)C(=O)O)cc1. The molecule has 3 rings (SSSR count). The second kappa shape index (κ2) is 13.3. The van der Waals surface area contributed by atoms with Gasteiger partial charge in [0.1, 0.15) is 5.75 Å². The summed E-state index contributed by atoms with van der Waals surface area (Å²) in [4.78, 5) is 17.1. The Morgan fingerprint density at radius 2 is 1.88 bits per heavy atom. The predicted octanol–water partition coefficient (Wildman–Crippen LogP) is 7.15. The molecule has 1 N–H and O–H groups in total. The minimum atomic E-state index is -1.12. The van der Waals surface area contributed by atoms with Crippen molar-refractivity contribution in [3.8, 4) is 5.75 Å². The Bertz CT molecular complexity index is 1140. The predicted molar refractivity (Wildman–Crippen MR) is 138 cm³/mol. The number of methoxy groups -OCH3 is 1. The van der Waals surface area contributed by atoms with E-state index >= 15 is 0 Å². The lowest BCUT2D eigenvalue weighted by atomic mass is 10.1. The highest BCUT2D eigenvalue weighted by molar-refractivity contribution is 7.98. The minimum absolute atomic E-state index is 0.123. The summed E-state index contributed by atoms with van der Waals surface area (Å²) in [6, 6.07) is 18.7. The number of unbranched alkanes of at least 4 members (excludes halogenated alkanes) is 1. The van der Waals surface area contributed by atoms with E-state index in [2.05, 4.69) is 4.98 Å². The number of rotatable bonds is 12. The third-order valence-corrected chi connectivity index (χ3v) is 6.63. The number of aliphatic carboxylic acids is 1. The molecular weight excluding hydrogens is 493 g/mol. The van der Waals surface area contributed by atoms with Crippen LogP contribution in [0.25, 0.3) is 6.08 Å². The van der Waals surface area contributed by atoms with E-state index in [1.165, 1.54) is 23.4 Å². The molecule has 0 spiro atoms. The van der Waals surface area contributed by atoms with E-state index in [4.69, 9.17) is 32.7 Å². The molecule has 1 heterocycles. The van der Waals surface area contributed by atoms with Gasteiger partial charge in [0.2, 0.25) is 5.76 Å². The van der Waals surface area contributed by atoms with Crippen LogP contribution >= 0.6 is 35.0 Å². The van der Waals surface area contributed by atoms with Gasteiger partial charge in [-0.15, -0.1) is 11.8 Å². The maximum Gasteiger partial charge on any atom is 0.371 e. The maximum atomic E-state index is 11.6. The van der Waals surface area contributed by atoms with Gasteiger partial charge in [0.25, 0.3) is 0 Å². The minimum Gasteiger partial charge on any atom is -0.497 e. The average Bonchev–Trinajstić information content (AvgIpc) is 2.83. The van der Waals surface area contributed by atoms with E-state index < -0.39 is 5.97 Å². The van der Waals surface area contributed by atoms with Crippen LogP contribution < -0.4 is 4.74 Å². The summed E-state index contributed by atoms with van der Waals surface area (Å²) in [5, 5.41) is 10.7. The third kappa shape index (κ3) is 8.28. The molecule has 1 aromatic heterocycles. The quantitative estimate of drug-likeness (QED) is 0.119. The standard InChI is InChI=1S/C26H25Cl2NO4S/c1-32-22-11-8-18(9-12-22)5-2-3-14-33-24(26(30)31)16-20-6-4-7-21(29-20)17-34-25-13-10-19(27)15-23(25)28/h4,6-13,15-16H,2-3,5,14,17H2,1H3,(H,30,31)/b24-16+. The Hall–Kier alpha value is -2.67. The van der Waals surface area contributed by atoms with Crippen LogP contribution in [0.4, 0.5) is 0 Å². The molecule has 0 saturated carbocycles. The highest BCUT2D eigenvalue weighted by atomic mass is 35.5. The van der Waals surface area contributed by atoms with Crippen LogP contribution in [0.5, 0.6) is 5.75 Å². The first-order valence-corrected chi connectivity index (χ1v) is 12.4. The number of aromatic nitrogens is 1. The normalized spacial score (nSPS) is 11.3. The van der Waals surface area contributed by atoms with Gasteiger partial charge in [-0.05, 0) is 67.3 Å². The van der Waals surface area contributed by atoms with Gasteiger partial charge >= 0.3 is 5.97 Å². The Balaban J connectivity index is 1.52. The van der Waals surface area contributed by atoms with Crippen LogP contribution in [0.3, 0.4) is 0 Å². The van der Waals surface area contributed by atoms with Crippen molar-refractivity contribution in [3.63, 3.8) is 0 Å². The molecule has 5 nitrogen and oxygen atoms in total. The average molecular weight is 518 g/mol. The van der Waals surface area contributed by atoms with E-state index in [-0.39, 0.29) is 5.76 Å². The monoisotopic (exact) mass is 517 g/mol. The van der Waals surface area contributed by atoms with Crippen LogP contribution in [0.15, 0.2) is 71.3 Å². The van der Waals surface area contributed by atoms with Gasteiger partial charge in [0.15, 0.2) is 0 Å². The largest absolute Gasteiger partial charge is 0.497 e. The van der Waals surface area contributed by atoms with Gasteiger partial charge in [-0.1, -0.05) is 41.4 Å². The summed E-state index contributed by atoms with van der Waals surface area (Å²) in [5.74, 6) is 0.165. The molecule has 0 saturated heterocycles. The Morgan fingerprint density at radius 3 is 2.59 bits per heavy atom. The lowest BCUT2D eigenvalue weighted by Crippen LogP contribution is -2.07. The van der Waals surface area contributed by atoms with E-state index in [9.17, 15) is 9.90 Å². The van der Waals surface area contributed by atoms with Crippen molar-refractivity contribution in [2.45, 2.75) is 29.9 Å². The van der Waals surface area contributed by atoms with Gasteiger partial charge in [0.05, 0.1) is 30.1 Å². The van der Waals surface area contributed by atoms with Crippen LogP contribution in [-0.2, 0) is 21.7 Å². The summed E-state index contributed by atoms with van der Waals surface area (Å²) in [5.41, 5.74) is 2.53. The summed E-state index contributed by atoms with van der Waals surface area (Å²) in [6.45, 7) is 0.318. The van der Waals surface area contributed by atoms with Crippen LogP contribution in [0.2, 0.25) is 10.0 Å². The topological polar surface area (TPSA) is 68.7 Å². The number of nitrogens with zero attached hydrogens (tertiary/aromatic N) is 1. The molecule has 178 valence electrons. The van der Waals surface area contributed by atoms with Crippen molar-refractivity contribution in [3.05, 3.63) is 93.4 Å². The van der Waals surface area contributed by atoms with Crippen molar-refractivity contribution in [2.24, 2.45) is 0 Å². The zero-order valence-corrected chi connectivity index (χ0v) is 21.0. The van der Waals surface area contributed by atoms with E-state index in [1.807, 2.05) is 42.5 Å². The number of carbonyl (C=O) groups is 1. The molecule has 34 heavy (non-hydrogen) atoms. The fourth-order valence-corrected chi connectivity index (χ4v) is 4.51. The lowest BCUT2D eigenvalue weighted by Gasteiger charge is -2.08. The lowest BCUT2D eigenvalue weighted by molar-refractivity contribution is -0.136. The second-order valence-electron chi connectivity index (χ2n) is 7.38. The number of ether oxygens (including phenoxy) is 2. The van der Waals surface area contributed by atoms with Crippen molar-refractivity contribution in [1.82, 2.24) is 4.98 Å². The number of pyridine rings is 1. The first-order valence-electron chi connectivity index (χ1n) is 10.7. The number of thioether (sulfide) groups is 1. The van der Waals surface area contributed by atoms with Crippen molar-refractivity contribution < 1.29 is 19.4 Å². The second-order valence-corrected chi connectivity index (χ2v) is 9.25. The van der Waals surface area contributed by atoms with E-state index in [0.29, 0.717) is 28.1 Å². The number of benzene rings is 2. The van der Waals surface area contributed by atoms with Gasteiger partial charge in [-0.3, -0.25) is 4.98 Å². The molecule has 8 heteroatoms. The molecular formula is C26H25Cl2NO4S. The summed E-state index contributed by atoms with van der Waals surface area (Å²) < 4.78 is 10.7. The van der Waals surface area contributed by atoms with Gasteiger partial charge in [0, 0.05) is 21.7 Å². The molecule has 0 unspecified atom stereocenters. The Labute approximate surface area is 213 Å². The smallest absolute Gasteiger partial charge is 0.371 e. The zero-order valence-electron chi connectivity index (χ0n) is 18.7. The molecule has 0 atom stereocenters. The first-order chi connectivity index (χ1) is 16.4. The third-order valence-electron chi connectivity index (χ3n) is 4.86. The van der Waals surface area contributed by atoms with E-state index in [0.717, 1.165) is 35.6 Å². The molecule has 0 aliphatic carbocycles. The highest BCUT2D eigenvalue weighted by Crippen LogP contribution is 2.31. The molecule has 0 fully saturated rings. The Kier molecular flexibility index (Phi) is 10.1. The molecule has 0 bridgehead atoms. The molecule has 0 amide bonds. The highest BCUT2D eigenvalue weighted by Gasteiger charge is 2.10. The van der Waals surface area contributed by atoms with Crippen LogP contribution in [0, 0.1) is 0 Å². The van der Waals surface area contributed by atoms with Crippen molar-refractivity contribution in [1.29, 1.82) is 0 Å². The number of hydrogen-bond acceptors (Lipinski definition) is 5. The van der Waals surface area contributed by atoms with Crippen LogP contribution in [0.1, 0.15) is 29.8 Å². The fraction of sp³-hybridized carbons (Fsp3) is 0.231. The zero-order chi connectivity index (χ0) is 24.3. The van der Waals surface area contributed by atoms with Gasteiger partial charge < -0.3 is 14.6 Å². The van der Waals surface area contributed by atoms with Crippen molar-refractivity contribution in [2.75, 3.05) is 13.7 Å². The molecule has 0 radical (unpaired) electrons. The fourth-order valence-electron chi connectivity index (χ4n) is 3.11. The van der Waals surface area contributed by atoms with Crippen molar-refractivity contribution >= 4 is 47.0 Å². The molecule has 0 aliphatic heterocycles. The molecule has 0 aliphatic rings. The number of halogens is 2. The summed E-state index contributed by atoms with van der Waals surface area (Å²) in [7, 11) is 1.64. The molecule has 3 aromatic rings. The number of carboxylic acids is 1. The van der Waals surface area contributed by atoms with Gasteiger partial charge in [-0.2, -0.15) is 0 Å². The molecule has 2 aromatic carbocycles.